The quantitative estimate of drug-likeness (QED) is 0.796. The summed E-state index contributed by atoms with van der Waals surface area (Å²) in [5.41, 5.74) is 0.713. The van der Waals surface area contributed by atoms with Gasteiger partial charge in [-0.1, -0.05) is 18.2 Å². The number of carbonyl (C=O) groups is 1. The van der Waals surface area contributed by atoms with Crippen LogP contribution in [-0.4, -0.2) is 21.5 Å². The molecule has 1 heterocycles. The minimum atomic E-state index is -0.191. The zero-order valence-corrected chi connectivity index (χ0v) is 8.74. The Bertz CT molecular complexity index is 504. The molecule has 1 N–H and O–H groups in total. The van der Waals surface area contributed by atoms with Gasteiger partial charge in [-0.3, -0.25) is 9.36 Å². The first-order valence-corrected chi connectivity index (χ1v) is 5.16. The van der Waals surface area contributed by atoms with Crippen molar-refractivity contribution in [3.8, 4) is 5.88 Å². The second kappa shape index (κ2) is 3.95. The van der Waals surface area contributed by atoms with Gasteiger partial charge in [0.1, 0.15) is 0 Å². The van der Waals surface area contributed by atoms with Crippen LogP contribution in [0.2, 0.25) is 0 Å². The standard InChI is InChI=1S/C11H10ClNO2/c12-6-5-10(14)13-9-4-2-1-3-8(9)7-11(13)15/h1-4,7,15H,5-6H2. The number of aromatic hydroxyl groups is 1. The first-order chi connectivity index (χ1) is 7.24. The molecule has 2 rings (SSSR count). The molecule has 0 bridgehead atoms. The van der Waals surface area contributed by atoms with E-state index in [0.29, 0.717) is 5.52 Å². The molecule has 0 saturated heterocycles. The summed E-state index contributed by atoms with van der Waals surface area (Å²) in [6.45, 7) is 0. The van der Waals surface area contributed by atoms with Crippen molar-refractivity contribution < 1.29 is 9.90 Å². The molecule has 0 fully saturated rings. The molecule has 2 aromatic rings. The number of nitrogens with zero attached hydrogens (tertiary/aromatic N) is 1. The van der Waals surface area contributed by atoms with Gasteiger partial charge in [0.05, 0.1) is 5.52 Å². The van der Waals surface area contributed by atoms with Gasteiger partial charge in [0, 0.05) is 23.8 Å². The Labute approximate surface area is 91.9 Å². The van der Waals surface area contributed by atoms with E-state index in [1.165, 1.54) is 4.57 Å². The summed E-state index contributed by atoms with van der Waals surface area (Å²) in [6.07, 6.45) is 0.216. The van der Waals surface area contributed by atoms with Crippen molar-refractivity contribution in [2.45, 2.75) is 6.42 Å². The van der Waals surface area contributed by atoms with Crippen LogP contribution in [0.4, 0.5) is 0 Å². The maximum atomic E-state index is 11.7. The topological polar surface area (TPSA) is 42.2 Å². The van der Waals surface area contributed by atoms with Crippen LogP contribution in [0, 0.1) is 0 Å². The van der Waals surface area contributed by atoms with Crippen molar-refractivity contribution in [3.05, 3.63) is 30.3 Å². The van der Waals surface area contributed by atoms with E-state index in [1.54, 1.807) is 12.1 Å². The van der Waals surface area contributed by atoms with Crippen LogP contribution < -0.4 is 0 Å². The number of hydrogen-bond acceptors (Lipinski definition) is 2. The lowest BCUT2D eigenvalue weighted by atomic mass is 10.2. The predicted octanol–water partition coefficient (Wildman–Crippen LogP) is 2.62. The molecule has 0 unspecified atom stereocenters. The number of benzene rings is 1. The van der Waals surface area contributed by atoms with Crippen LogP contribution >= 0.6 is 11.6 Å². The molecule has 0 saturated carbocycles. The Balaban J connectivity index is 2.58. The molecule has 0 radical (unpaired) electrons. The van der Waals surface area contributed by atoms with Gasteiger partial charge in [0.25, 0.3) is 0 Å². The maximum Gasteiger partial charge on any atom is 0.235 e. The first-order valence-electron chi connectivity index (χ1n) is 4.62. The summed E-state index contributed by atoms with van der Waals surface area (Å²) < 4.78 is 1.29. The summed E-state index contributed by atoms with van der Waals surface area (Å²) >= 11 is 5.50. The fourth-order valence-electron chi connectivity index (χ4n) is 1.60. The fourth-order valence-corrected chi connectivity index (χ4v) is 1.76. The molecule has 0 amide bonds. The number of fused-ring (bicyclic) bond motifs is 1. The lowest BCUT2D eigenvalue weighted by Crippen LogP contribution is -2.09. The van der Waals surface area contributed by atoms with Gasteiger partial charge in [-0.25, -0.2) is 0 Å². The second-order valence-electron chi connectivity index (χ2n) is 3.23. The number of rotatable bonds is 2. The van der Waals surface area contributed by atoms with Crippen molar-refractivity contribution in [1.82, 2.24) is 4.57 Å². The third-order valence-corrected chi connectivity index (χ3v) is 2.44. The van der Waals surface area contributed by atoms with Crippen LogP contribution in [0.5, 0.6) is 5.88 Å². The highest BCUT2D eigenvalue weighted by atomic mass is 35.5. The Hall–Kier alpha value is -1.48. The second-order valence-corrected chi connectivity index (χ2v) is 3.61. The predicted molar refractivity (Wildman–Crippen MR) is 59.6 cm³/mol. The normalized spacial score (nSPS) is 10.7. The van der Waals surface area contributed by atoms with E-state index in [9.17, 15) is 9.90 Å². The highest BCUT2D eigenvalue weighted by molar-refractivity contribution is 6.19. The van der Waals surface area contributed by atoms with E-state index < -0.39 is 0 Å². The smallest absolute Gasteiger partial charge is 0.235 e. The Morgan fingerprint density at radius 1 is 1.40 bits per heavy atom. The number of para-hydroxylation sites is 1. The summed E-state index contributed by atoms with van der Waals surface area (Å²) in [5.74, 6) is 0.0279. The molecule has 0 aliphatic carbocycles. The molecule has 0 atom stereocenters. The van der Waals surface area contributed by atoms with Crippen molar-refractivity contribution in [1.29, 1.82) is 0 Å². The van der Waals surface area contributed by atoms with Crippen LogP contribution in [0.25, 0.3) is 10.9 Å². The molecular formula is C11H10ClNO2. The van der Waals surface area contributed by atoms with E-state index in [1.807, 2.05) is 18.2 Å². The monoisotopic (exact) mass is 223 g/mol. The number of alkyl halides is 1. The van der Waals surface area contributed by atoms with Crippen LogP contribution in [0.15, 0.2) is 30.3 Å². The third-order valence-electron chi connectivity index (χ3n) is 2.25. The van der Waals surface area contributed by atoms with E-state index in [4.69, 9.17) is 11.6 Å². The maximum absolute atomic E-state index is 11.7. The molecule has 1 aromatic heterocycles. The van der Waals surface area contributed by atoms with E-state index in [-0.39, 0.29) is 24.1 Å². The van der Waals surface area contributed by atoms with Gasteiger partial charge in [-0.2, -0.15) is 0 Å². The minimum Gasteiger partial charge on any atom is -0.494 e. The van der Waals surface area contributed by atoms with Gasteiger partial charge >= 0.3 is 0 Å². The largest absolute Gasteiger partial charge is 0.494 e. The molecule has 4 heteroatoms. The minimum absolute atomic E-state index is 0.0358. The lowest BCUT2D eigenvalue weighted by molar-refractivity contribution is 0.0906. The lowest BCUT2D eigenvalue weighted by Gasteiger charge is -2.03. The fraction of sp³-hybridized carbons (Fsp3) is 0.182. The van der Waals surface area contributed by atoms with Gasteiger partial charge in [-0.15, -0.1) is 11.6 Å². The molecule has 15 heavy (non-hydrogen) atoms. The zero-order valence-electron chi connectivity index (χ0n) is 7.98. The highest BCUT2D eigenvalue weighted by Crippen LogP contribution is 2.24. The van der Waals surface area contributed by atoms with Gasteiger partial charge in [0.15, 0.2) is 5.88 Å². The molecule has 0 spiro atoms. The van der Waals surface area contributed by atoms with Crippen LogP contribution in [0.1, 0.15) is 11.2 Å². The van der Waals surface area contributed by atoms with Gasteiger partial charge < -0.3 is 5.11 Å². The van der Waals surface area contributed by atoms with E-state index >= 15 is 0 Å². The Morgan fingerprint density at radius 2 is 2.13 bits per heavy atom. The SMILES string of the molecule is O=C(CCCl)n1c(O)cc2ccccc21. The molecule has 78 valence electrons. The third kappa shape index (κ3) is 1.70. The first kappa shape index (κ1) is 10.1. The van der Waals surface area contributed by atoms with Crippen molar-refractivity contribution in [2.24, 2.45) is 0 Å². The number of aromatic nitrogens is 1. The molecule has 1 aromatic carbocycles. The number of halogens is 1. The van der Waals surface area contributed by atoms with Gasteiger partial charge in [-0.05, 0) is 6.07 Å². The average molecular weight is 224 g/mol. The summed E-state index contributed by atoms with van der Waals surface area (Å²) in [7, 11) is 0. The van der Waals surface area contributed by atoms with E-state index in [2.05, 4.69) is 0 Å². The molecular weight excluding hydrogens is 214 g/mol. The molecule has 3 nitrogen and oxygen atoms in total. The summed E-state index contributed by atoms with van der Waals surface area (Å²) in [4.78, 5) is 11.7. The summed E-state index contributed by atoms with van der Waals surface area (Å²) in [5, 5.41) is 10.5. The van der Waals surface area contributed by atoms with Crippen molar-refractivity contribution >= 4 is 28.4 Å². The average Bonchev–Trinajstić information content (AvgIpc) is 2.54. The number of carbonyl (C=O) groups excluding carboxylic acids is 1. The van der Waals surface area contributed by atoms with Crippen LogP contribution in [-0.2, 0) is 0 Å². The summed E-state index contributed by atoms with van der Waals surface area (Å²) in [6, 6.07) is 8.90. The van der Waals surface area contributed by atoms with Crippen molar-refractivity contribution in [3.63, 3.8) is 0 Å². The highest BCUT2D eigenvalue weighted by Gasteiger charge is 2.13. The Kier molecular flexibility index (Phi) is 2.64. The van der Waals surface area contributed by atoms with Crippen molar-refractivity contribution in [2.75, 3.05) is 5.88 Å². The van der Waals surface area contributed by atoms with Crippen LogP contribution in [0.3, 0.4) is 0 Å². The molecule has 0 aliphatic heterocycles. The van der Waals surface area contributed by atoms with E-state index in [0.717, 1.165) is 5.39 Å². The van der Waals surface area contributed by atoms with Gasteiger partial charge in [0.2, 0.25) is 5.91 Å². The molecule has 0 aliphatic rings. The Morgan fingerprint density at radius 3 is 2.87 bits per heavy atom. The zero-order chi connectivity index (χ0) is 10.8. The number of hydrogen-bond donors (Lipinski definition) is 1.